The van der Waals surface area contributed by atoms with Gasteiger partial charge >= 0.3 is 6.01 Å². The summed E-state index contributed by atoms with van der Waals surface area (Å²) < 4.78 is 11.7. The van der Waals surface area contributed by atoms with Crippen molar-refractivity contribution in [3.05, 3.63) is 28.0 Å². The molecule has 8 heteroatoms. The van der Waals surface area contributed by atoms with Gasteiger partial charge in [-0.1, -0.05) is 13.8 Å². The number of aldehydes is 1. The molecule has 0 N–H and O–H groups in total. The van der Waals surface area contributed by atoms with Gasteiger partial charge in [0.25, 0.3) is 0 Å². The molecule has 1 aromatic carbocycles. The van der Waals surface area contributed by atoms with Crippen molar-refractivity contribution < 1.29 is 14.3 Å². The number of nitrogens with zero attached hydrogens (tertiary/aromatic N) is 4. The van der Waals surface area contributed by atoms with E-state index in [1.807, 2.05) is 27.9 Å². The van der Waals surface area contributed by atoms with Crippen LogP contribution in [0.15, 0.2) is 16.6 Å². The number of hydrogen-bond acceptors (Lipinski definition) is 7. The summed E-state index contributed by atoms with van der Waals surface area (Å²) in [6.45, 7) is 3.99. The Balaban J connectivity index is 2.47. The third kappa shape index (κ3) is 4.00. The van der Waals surface area contributed by atoms with Gasteiger partial charge in [0.05, 0.1) is 7.11 Å². The number of aromatic nitrogens is 3. The van der Waals surface area contributed by atoms with Crippen LogP contribution in [0.25, 0.3) is 0 Å². The minimum atomic E-state index is 0.125. The molecule has 2 aromatic rings. The lowest BCUT2D eigenvalue weighted by molar-refractivity contribution is 0.112. The predicted octanol–water partition coefficient (Wildman–Crippen LogP) is 3.44. The lowest BCUT2D eigenvalue weighted by Crippen LogP contribution is -2.15. The van der Waals surface area contributed by atoms with Gasteiger partial charge in [0.1, 0.15) is 5.82 Å². The molecule has 0 radical (unpaired) electrons. The summed E-state index contributed by atoms with van der Waals surface area (Å²) in [5.41, 5.74) is 0.465. The van der Waals surface area contributed by atoms with Gasteiger partial charge in [-0.25, -0.2) is 0 Å². The zero-order chi connectivity index (χ0) is 17.9. The van der Waals surface area contributed by atoms with E-state index >= 15 is 0 Å². The molecule has 7 nitrogen and oxygen atoms in total. The maximum atomic E-state index is 11.0. The van der Waals surface area contributed by atoms with Crippen molar-refractivity contribution in [1.29, 1.82) is 0 Å². The highest BCUT2D eigenvalue weighted by Crippen LogP contribution is 2.35. The quantitative estimate of drug-likeness (QED) is 0.694. The topological polar surface area (TPSA) is 77.4 Å². The maximum Gasteiger partial charge on any atom is 0.327 e. The van der Waals surface area contributed by atoms with E-state index in [-0.39, 0.29) is 11.9 Å². The Kier molecular flexibility index (Phi) is 5.71. The van der Waals surface area contributed by atoms with Crippen molar-refractivity contribution in [3.63, 3.8) is 0 Å². The van der Waals surface area contributed by atoms with Crippen molar-refractivity contribution in [2.45, 2.75) is 19.8 Å². The fourth-order valence-corrected chi connectivity index (χ4v) is 2.26. The highest BCUT2D eigenvalue weighted by molar-refractivity contribution is 9.10. The third-order valence-electron chi connectivity index (χ3n) is 3.15. The van der Waals surface area contributed by atoms with Crippen LogP contribution in [0.3, 0.4) is 0 Å². The van der Waals surface area contributed by atoms with Gasteiger partial charge in [-0.05, 0) is 28.1 Å². The number of anilines is 1. The first-order valence-corrected chi connectivity index (χ1v) is 8.08. The fraction of sp³-hybridized carbons (Fsp3) is 0.375. The van der Waals surface area contributed by atoms with Gasteiger partial charge in [0.15, 0.2) is 17.8 Å². The number of ether oxygens (including phenoxy) is 2. The summed E-state index contributed by atoms with van der Waals surface area (Å²) in [5.74, 6) is 2.08. The Hall–Kier alpha value is -2.22. The van der Waals surface area contributed by atoms with E-state index in [9.17, 15) is 4.79 Å². The first-order valence-electron chi connectivity index (χ1n) is 7.29. The normalized spacial score (nSPS) is 10.6. The van der Waals surface area contributed by atoms with E-state index in [2.05, 4.69) is 30.9 Å². The molecule has 2 rings (SSSR count). The molecular weight excluding hydrogens is 376 g/mol. The average molecular weight is 395 g/mol. The first-order chi connectivity index (χ1) is 11.3. The van der Waals surface area contributed by atoms with E-state index < -0.39 is 0 Å². The molecule has 0 saturated carbocycles. The van der Waals surface area contributed by atoms with Crippen LogP contribution in [0.1, 0.15) is 35.9 Å². The van der Waals surface area contributed by atoms with Crippen molar-refractivity contribution in [2.24, 2.45) is 0 Å². The molecule has 0 spiro atoms. The van der Waals surface area contributed by atoms with Crippen LogP contribution >= 0.6 is 15.9 Å². The Bertz CT molecular complexity index is 724. The number of halogens is 1. The zero-order valence-electron chi connectivity index (χ0n) is 14.2. The second-order valence-corrected chi connectivity index (χ2v) is 6.42. The summed E-state index contributed by atoms with van der Waals surface area (Å²) in [6, 6.07) is 3.40. The molecular formula is C16H19BrN4O3. The number of hydrogen-bond donors (Lipinski definition) is 0. The van der Waals surface area contributed by atoms with Gasteiger partial charge in [0.2, 0.25) is 5.95 Å². The second kappa shape index (κ2) is 7.57. The van der Waals surface area contributed by atoms with Crippen LogP contribution in [0.5, 0.6) is 17.5 Å². The summed E-state index contributed by atoms with van der Waals surface area (Å²) in [4.78, 5) is 25.9. The van der Waals surface area contributed by atoms with Crippen LogP contribution in [0.4, 0.5) is 5.95 Å². The number of carbonyl (C=O) groups is 1. The van der Waals surface area contributed by atoms with E-state index in [0.717, 1.165) is 6.29 Å². The summed E-state index contributed by atoms with van der Waals surface area (Å²) in [6.07, 6.45) is 0.736. The number of methoxy groups -OCH3 is 1. The van der Waals surface area contributed by atoms with E-state index in [0.29, 0.717) is 33.3 Å². The Morgan fingerprint density at radius 1 is 1.17 bits per heavy atom. The standard InChI is InChI=1S/C16H19BrN4O3/c1-9(2)14-18-15(21(3)4)20-16(19-14)24-13-7-11(17)10(8-22)6-12(13)23-5/h6-9H,1-5H3. The minimum Gasteiger partial charge on any atom is -0.493 e. The molecule has 1 aromatic heterocycles. The molecule has 1 heterocycles. The molecule has 0 amide bonds. The van der Waals surface area contributed by atoms with Crippen LogP contribution in [0, 0.1) is 0 Å². The molecule has 24 heavy (non-hydrogen) atoms. The smallest absolute Gasteiger partial charge is 0.327 e. The molecule has 0 saturated heterocycles. The monoisotopic (exact) mass is 394 g/mol. The van der Waals surface area contributed by atoms with Crippen molar-refractivity contribution >= 4 is 28.2 Å². The maximum absolute atomic E-state index is 11.0. The van der Waals surface area contributed by atoms with Crippen molar-refractivity contribution in [3.8, 4) is 17.5 Å². The van der Waals surface area contributed by atoms with Gasteiger partial charge < -0.3 is 14.4 Å². The third-order valence-corrected chi connectivity index (χ3v) is 3.83. The van der Waals surface area contributed by atoms with Gasteiger partial charge in [-0.15, -0.1) is 0 Å². The molecule has 0 unspecified atom stereocenters. The average Bonchev–Trinajstić information content (AvgIpc) is 2.54. The van der Waals surface area contributed by atoms with Crippen LogP contribution in [0.2, 0.25) is 0 Å². The summed E-state index contributed by atoms with van der Waals surface area (Å²) in [7, 11) is 5.20. The lowest BCUT2D eigenvalue weighted by atomic mass is 10.2. The highest BCUT2D eigenvalue weighted by Gasteiger charge is 2.16. The van der Waals surface area contributed by atoms with Crippen molar-refractivity contribution in [1.82, 2.24) is 15.0 Å². The molecule has 0 aliphatic heterocycles. The minimum absolute atomic E-state index is 0.125. The number of benzene rings is 1. The number of rotatable bonds is 6. The largest absolute Gasteiger partial charge is 0.493 e. The first kappa shape index (κ1) is 18.1. The van der Waals surface area contributed by atoms with Crippen LogP contribution in [-0.2, 0) is 0 Å². The van der Waals surface area contributed by atoms with E-state index in [4.69, 9.17) is 9.47 Å². The molecule has 0 aliphatic rings. The van der Waals surface area contributed by atoms with Gasteiger partial charge in [0, 0.05) is 30.0 Å². The second-order valence-electron chi connectivity index (χ2n) is 5.57. The van der Waals surface area contributed by atoms with Crippen molar-refractivity contribution in [2.75, 3.05) is 26.1 Å². The van der Waals surface area contributed by atoms with Gasteiger partial charge in [-0.2, -0.15) is 15.0 Å². The highest BCUT2D eigenvalue weighted by atomic mass is 79.9. The zero-order valence-corrected chi connectivity index (χ0v) is 15.8. The predicted molar refractivity (Wildman–Crippen MR) is 94.4 cm³/mol. The Morgan fingerprint density at radius 3 is 2.42 bits per heavy atom. The Morgan fingerprint density at radius 2 is 1.88 bits per heavy atom. The van der Waals surface area contributed by atoms with E-state index in [1.165, 1.54) is 7.11 Å². The molecule has 0 aliphatic carbocycles. The SMILES string of the molecule is COc1cc(C=O)c(Br)cc1Oc1nc(C(C)C)nc(N(C)C)n1. The van der Waals surface area contributed by atoms with E-state index in [1.54, 1.807) is 17.0 Å². The Labute approximate surface area is 149 Å². The molecule has 0 fully saturated rings. The molecule has 0 atom stereocenters. The van der Waals surface area contributed by atoms with Gasteiger partial charge in [-0.3, -0.25) is 4.79 Å². The summed E-state index contributed by atoms with van der Waals surface area (Å²) >= 11 is 3.33. The summed E-state index contributed by atoms with van der Waals surface area (Å²) in [5, 5.41) is 0. The number of carbonyl (C=O) groups excluding carboxylic acids is 1. The van der Waals surface area contributed by atoms with Crippen LogP contribution in [-0.4, -0.2) is 42.4 Å². The fourth-order valence-electron chi connectivity index (χ4n) is 1.84. The molecule has 0 bridgehead atoms. The van der Waals surface area contributed by atoms with Crippen LogP contribution < -0.4 is 14.4 Å². The molecule has 128 valence electrons. The lowest BCUT2D eigenvalue weighted by Gasteiger charge is -2.15.